The van der Waals surface area contributed by atoms with Crippen LogP contribution in [0.2, 0.25) is 5.02 Å². The van der Waals surface area contributed by atoms with Gasteiger partial charge >= 0.3 is 0 Å². The Morgan fingerprint density at radius 2 is 1.74 bits per heavy atom. The van der Waals surface area contributed by atoms with Gasteiger partial charge in [0.2, 0.25) is 0 Å². The van der Waals surface area contributed by atoms with E-state index >= 15 is 0 Å². The van der Waals surface area contributed by atoms with Gasteiger partial charge < -0.3 is 10.1 Å². The monoisotopic (exact) mass is 386 g/mol. The number of nitrogens with one attached hydrogen (secondary N) is 1. The zero-order chi connectivity index (χ0) is 19.1. The summed E-state index contributed by atoms with van der Waals surface area (Å²) >= 11 is 6.05. The summed E-state index contributed by atoms with van der Waals surface area (Å²) in [5.74, 6) is 0.718. The molecule has 0 radical (unpaired) electrons. The van der Waals surface area contributed by atoms with Gasteiger partial charge in [0, 0.05) is 17.1 Å². The molecule has 144 valence electrons. The molecule has 0 saturated carbocycles. The Labute approximate surface area is 166 Å². The van der Waals surface area contributed by atoms with Crippen molar-refractivity contribution in [2.75, 3.05) is 26.2 Å². The lowest BCUT2D eigenvalue weighted by atomic mass is 10.0. The van der Waals surface area contributed by atoms with E-state index in [1.807, 2.05) is 31.2 Å². The van der Waals surface area contributed by atoms with Crippen molar-refractivity contribution in [3.8, 4) is 5.75 Å². The van der Waals surface area contributed by atoms with Crippen LogP contribution in [0.1, 0.15) is 48.1 Å². The van der Waals surface area contributed by atoms with E-state index in [-0.39, 0.29) is 11.9 Å². The molecule has 1 N–H and O–H groups in total. The van der Waals surface area contributed by atoms with E-state index in [0.29, 0.717) is 18.7 Å². The average molecular weight is 387 g/mol. The maximum atomic E-state index is 12.6. The third-order valence-corrected chi connectivity index (χ3v) is 5.22. The minimum Gasteiger partial charge on any atom is -0.494 e. The maximum Gasteiger partial charge on any atom is 0.251 e. The van der Waals surface area contributed by atoms with Crippen molar-refractivity contribution in [2.24, 2.45) is 0 Å². The highest BCUT2D eigenvalue weighted by Gasteiger charge is 2.23. The number of rotatable bonds is 7. The number of nitrogens with zero attached hydrogens (tertiary/aromatic N) is 1. The molecule has 0 spiro atoms. The Hall–Kier alpha value is -2.04. The molecule has 2 aromatic rings. The number of halogens is 1. The maximum absolute atomic E-state index is 12.6. The van der Waals surface area contributed by atoms with E-state index in [1.54, 1.807) is 12.1 Å². The second kappa shape index (κ2) is 9.77. The summed E-state index contributed by atoms with van der Waals surface area (Å²) < 4.78 is 5.44. The predicted octanol–water partition coefficient (Wildman–Crippen LogP) is 4.70. The quantitative estimate of drug-likeness (QED) is 0.750. The van der Waals surface area contributed by atoms with Crippen molar-refractivity contribution >= 4 is 17.5 Å². The highest BCUT2D eigenvalue weighted by Crippen LogP contribution is 2.25. The molecule has 1 saturated heterocycles. The molecule has 0 aliphatic carbocycles. The molecule has 1 heterocycles. The summed E-state index contributed by atoms with van der Waals surface area (Å²) in [6.45, 7) is 5.26. The van der Waals surface area contributed by atoms with Crippen molar-refractivity contribution in [1.82, 2.24) is 10.2 Å². The van der Waals surface area contributed by atoms with E-state index in [0.717, 1.165) is 23.9 Å². The lowest BCUT2D eigenvalue weighted by molar-refractivity contribution is 0.0924. The Morgan fingerprint density at radius 3 is 2.37 bits per heavy atom. The summed E-state index contributed by atoms with van der Waals surface area (Å²) in [6.07, 6.45) is 3.69. The van der Waals surface area contributed by atoms with Crippen LogP contribution in [-0.4, -0.2) is 37.0 Å². The molecule has 3 rings (SSSR count). The number of carbonyl (C=O) groups excluding carboxylic acids is 1. The van der Waals surface area contributed by atoms with Crippen LogP contribution < -0.4 is 10.1 Å². The Balaban J connectivity index is 1.67. The second-order valence-electron chi connectivity index (χ2n) is 6.83. The van der Waals surface area contributed by atoms with Crippen LogP contribution in [-0.2, 0) is 0 Å². The number of hydrogen-bond acceptors (Lipinski definition) is 3. The topological polar surface area (TPSA) is 41.6 Å². The summed E-state index contributed by atoms with van der Waals surface area (Å²) in [6, 6.07) is 15.4. The van der Waals surface area contributed by atoms with Gasteiger partial charge in [0.1, 0.15) is 5.75 Å². The predicted molar refractivity (Wildman–Crippen MR) is 110 cm³/mol. The molecule has 2 aromatic carbocycles. The van der Waals surface area contributed by atoms with Gasteiger partial charge in [-0.3, -0.25) is 9.69 Å². The number of ether oxygens (including phenoxy) is 1. The van der Waals surface area contributed by atoms with Gasteiger partial charge in [-0.1, -0.05) is 30.2 Å². The van der Waals surface area contributed by atoms with Crippen LogP contribution in [0.25, 0.3) is 0 Å². The first-order valence-electron chi connectivity index (χ1n) is 9.68. The number of piperidine rings is 1. The zero-order valence-electron chi connectivity index (χ0n) is 15.8. The summed E-state index contributed by atoms with van der Waals surface area (Å²) in [5.41, 5.74) is 1.83. The molecule has 0 unspecified atom stereocenters. The second-order valence-corrected chi connectivity index (χ2v) is 7.27. The molecule has 0 aromatic heterocycles. The third-order valence-electron chi connectivity index (χ3n) is 4.97. The highest BCUT2D eigenvalue weighted by molar-refractivity contribution is 6.30. The molecule has 1 aliphatic heterocycles. The normalized spacial score (nSPS) is 15.9. The van der Waals surface area contributed by atoms with Crippen molar-refractivity contribution < 1.29 is 9.53 Å². The molecule has 1 amide bonds. The first-order chi connectivity index (χ1) is 13.2. The summed E-state index contributed by atoms with van der Waals surface area (Å²) in [4.78, 5) is 15.1. The van der Waals surface area contributed by atoms with Crippen molar-refractivity contribution in [2.45, 2.75) is 32.2 Å². The molecule has 5 heteroatoms. The SMILES string of the molecule is CCOc1ccc(C(=O)NC[C@@H](c2ccc(Cl)cc2)N2CCCCC2)cc1. The van der Waals surface area contributed by atoms with Gasteiger partial charge in [-0.05, 0) is 74.8 Å². The first-order valence-corrected chi connectivity index (χ1v) is 10.1. The fourth-order valence-corrected chi connectivity index (χ4v) is 3.66. The van der Waals surface area contributed by atoms with Gasteiger partial charge in [-0.25, -0.2) is 0 Å². The van der Waals surface area contributed by atoms with Gasteiger partial charge in [0.05, 0.1) is 12.6 Å². The van der Waals surface area contributed by atoms with Gasteiger partial charge in [0.25, 0.3) is 5.91 Å². The molecule has 0 bridgehead atoms. The van der Waals surface area contributed by atoms with Crippen molar-refractivity contribution in [1.29, 1.82) is 0 Å². The zero-order valence-corrected chi connectivity index (χ0v) is 16.5. The van der Waals surface area contributed by atoms with E-state index < -0.39 is 0 Å². The molecule has 1 fully saturated rings. The summed E-state index contributed by atoms with van der Waals surface area (Å²) in [7, 11) is 0. The van der Waals surface area contributed by atoms with Crippen LogP contribution in [0, 0.1) is 0 Å². The van der Waals surface area contributed by atoms with Crippen LogP contribution in [0.3, 0.4) is 0 Å². The van der Waals surface area contributed by atoms with E-state index in [4.69, 9.17) is 16.3 Å². The van der Waals surface area contributed by atoms with Crippen LogP contribution in [0.4, 0.5) is 0 Å². The third kappa shape index (κ3) is 5.47. The van der Waals surface area contributed by atoms with Crippen molar-refractivity contribution in [3.05, 3.63) is 64.7 Å². The van der Waals surface area contributed by atoms with Gasteiger partial charge in [-0.15, -0.1) is 0 Å². The minimum atomic E-state index is -0.0611. The Morgan fingerprint density at radius 1 is 1.07 bits per heavy atom. The number of hydrogen-bond donors (Lipinski definition) is 1. The van der Waals surface area contributed by atoms with Crippen LogP contribution in [0.15, 0.2) is 48.5 Å². The molecular formula is C22H27ClN2O2. The number of likely N-dealkylation sites (tertiary alicyclic amines) is 1. The molecule has 1 aliphatic rings. The largest absolute Gasteiger partial charge is 0.494 e. The Kier molecular flexibility index (Phi) is 7.13. The fraction of sp³-hybridized carbons (Fsp3) is 0.409. The van der Waals surface area contributed by atoms with Gasteiger partial charge in [-0.2, -0.15) is 0 Å². The van der Waals surface area contributed by atoms with Crippen LogP contribution >= 0.6 is 11.6 Å². The van der Waals surface area contributed by atoms with Crippen molar-refractivity contribution in [3.63, 3.8) is 0 Å². The highest BCUT2D eigenvalue weighted by atomic mass is 35.5. The van der Waals surface area contributed by atoms with E-state index in [1.165, 1.54) is 24.8 Å². The Bertz CT molecular complexity index is 725. The minimum absolute atomic E-state index is 0.0611. The molecule has 1 atom stereocenters. The first kappa shape index (κ1) is 19.7. The van der Waals surface area contributed by atoms with Crippen LogP contribution in [0.5, 0.6) is 5.75 Å². The molecule has 27 heavy (non-hydrogen) atoms. The standard InChI is InChI=1S/C22H27ClN2O2/c1-2-27-20-12-8-18(9-13-20)22(26)24-16-21(25-14-4-3-5-15-25)17-6-10-19(23)11-7-17/h6-13,21H,2-5,14-16H2,1H3,(H,24,26)/t21-/m0/s1. The lowest BCUT2D eigenvalue weighted by Gasteiger charge is -2.35. The van der Waals surface area contributed by atoms with E-state index in [2.05, 4.69) is 22.3 Å². The smallest absolute Gasteiger partial charge is 0.251 e. The molecular weight excluding hydrogens is 360 g/mol. The average Bonchev–Trinajstić information content (AvgIpc) is 2.71. The lowest BCUT2D eigenvalue weighted by Crippen LogP contribution is -2.40. The number of benzene rings is 2. The van der Waals surface area contributed by atoms with E-state index in [9.17, 15) is 4.79 Å². The van der Waals surface area contributed by atoms with Gasteiger partial charge in [0.15, 0.2) is 0 Å². The molecule has 4 nitrogen and oxygen atoms in total. The number of carbonyl (C=O) groups is 1. The fourth-order valence-electron chi connectivity index (χ4n) is 3.53. The summed E-state index contributed by atoms with van der Waals surface area (Å²) in [5, 5.41) is 3.84. The number of amides is 1.